The predicted octanol–water partition coefficient (Wildman–Crippen LogP) is 9.49. The fraction of sp³-hybridized carbons (Fsp3) is 0. The second-order valence-electron chi connectivity index (χ2n) is 12.1. The Morgan fingerprint density at radius 2 is 1.18 bits per heavy atom. The van der Waals surface area contributed by atoms with Crippen molar-refractivity contribution in [3.63, 3.8) is 0 Å². The zero-order valence-corrected chi connectivity index (χ0v) is 25.7. The molecule has 5 heteroatoms. The zero-order chi connectivity index (χ0) is 29.2. The number of hydrogen-bond acceptors (Lipinski definition) is 3. The highest BCUT2D eigenvalue weighted by Gasteiger charge is 2.45. The number of rotatable bonds is 2. The van der Waals surface area contributed by atoms with Gasteiger partial charge < -0.3 is 9.47 Å². The summed E-state index contributed by atoms with van der Waals surface area (Å²) in [7, 11) is 0. The zero-order valence-electron chi connectivity index (χ0n) is 24.1. The van der Waals surface area contributed by atoms with Crippen LogP contribution < -0.4 is 20.6 Å². The minimum Gasteiger partial charge on any atom is -0.309 e. The molecule has 208 valence electrons. The molecular formula is C40H23BN2S2. The molecule has 0 aliphatic carbocycles. The van der Waals surface area contributed by atoms with Crippen LogP contribution in [0.2, 0.25) is 0 Å². The van der Waals surface area contributed by atoms with Crippen molar-refractivity contribution >= 4 is 104 Å². The Morgan fingerprint density at radius 1 is 0.533 bits per heavy atom. The van der Waals surface area contributed by atoms with Gasteiger partial charge in [0, 0.05) is 52.5 Å². The van der Waals surface area contributed by atoms with Crippen LogP contribution >= 0.6 is 22.7 Å². The van der Waals surface area contributed by atoms with E-state index in [2.05, 4.69) is 148 Å². The van der Waals surface area contributed by atoms with Crippen molar-refractivity contribution in [3.05, 3.63) is 139 Å². The molecule has 0 amide bonds. The van der Waals surface area contributed by atoms with Crippen molar-refractivity contribution in [2.24, 2.45) is 0 Å². The molecule has 5 heterocycles. The molecule has 0 fully saturated rings. The summed E-state index contributed by atoms with van der Waals surface area (Å²) in [5.74, 6) is 0. The van der Waals surface area contributed by atoms with E-state index in [1.54, 1.807) is 0 Å². The molecule has 2 nitrogen and oxygen atoms in total. The summed E-state index contributed by atoms with van der Waals surface area (Å²) in [6, 6.07) is 49.5. The van der Waals surface area contributed by atoms with Crippen molar-refractivity contribution in [3.8, 4) is 16.8 Å². The first-order chi connectivity index (χ1) is 22.3. The molecular weight excluding hydrogens is 583 g/mol. The first-order valence-corrected chi connectivity index (χ1v) is 17.1. The van der Waals surface area contributed by atoms with E-state index >= 15 is 0 Å². The molecule has 3 aromatic heterocycles. The van der Waals surface area contributed by atoms with Crippen molar-refractivity contribution in [2.75, 3.05) is 4.90 Å². The van der Waals surface area contributed by atoms with Crippen LogP contribution in [0.5, 0.6) is 0 Å². The molecule has 9 aromatic rings. The van der Waals surface area contributed by atoms with Crippen molar-refractivity contribution in [1.82, 2.24) is 4.57 Å². The van der Waals surface area contributed by atoms with Crippen LogP contribution in [0.4, 0.5) is 17.1 Å². The van der Waals surface area contributed by atoms with Crippen LogP contribution in [0, 0.1) is 0 Å². The number of para-hydroxylation sites is 2. The highest BCUT2D eigenvalue weighted by atomic mass is 32.1. The lowest BCUT2D eigenvalue weighted by atomic mass is 9.40. The van der Waals surface area contributed by atoms with Gasteiger partial charge in [-0.1, -0.05) is 103 Å². The second kappa shape index (κ2) is 8.75. The van der Waals surface area contributed by atoms with E-state index in [4.69, 9.17) is 0 Å². The van der Waals surface area contributed by atoms with E-state index in [1.807, 2.05) is 22.7 Å². The van der Waals surface area contributed by atoms with Gasteiger partial charge in [0.1, 0.15) is 0 Å². The average Bonchev–Trinajstić information content (AvgIpc) is 3.85. The minimum absolute atomic E-state index is 0.215. The Balaban J connectivity index is 1.32. The Hall–Kier alpha value is -5.10. The van der Waals surface area contributed by atoms with E-state index in [0.717, 1.165) is 0 Å². The molecule has 0 saturated carbocycles. The van der Waals surface area contributed by atoms with E-state index in [0.29, 0.717) is 0 Å². The van der Waals surface area contributed by atoms with Crippen molar-refractivity contribution in [1.29, 1.82) is 0 Å². The van der Waals surface area contributed by atoms with Gasteiger partial charge in [0.2, 0.25) is 0 Å². The van der Waals surface area contributed by atoms with E-state index in [1.165, 1.54) is 91.6 Å². The van der Waals surface area contributed by atoms with Crippen LogP contribution in [-0.4, -0.2) is 11.3 Å². The Kier molecular flexibility index (Phi) is 4.72. The topological polar surface area (TPSA) is 8.17 Å². The van der Waals surface area contributed by atoms with Gasteiger partial charge in [-0.3, -0.25) is 0 Å². The normalized spacial score (nSPS) is 13.2. The van der Waals surface area contributed by atoms with Crippen LogP contribution in [0.15, 0.2) is 139 Å². The summed E-state index contributed by atoms with van der Waals surface area (Å²) in [5, 5.41) is 7.56. The summed E-state index contributed by atoms with van der Waals surface area (Å²) in [6.45, 7) is 0.215. The third-order valence-corrected chi connectivity index (χ3v) is 12.0. The van der Waals surface area contributed by atoms with Gasteiger partial charge in [0.05, 0.1) is 22.4 Å². The van der Waals surface area contributed by atoms with Gasteiger partial charge in [0.15, 0.2) is 0 Å². The summed E-state index contributed by atoms with van der Waals surface area (Å²) in [6.07, 6.45) is 0. The smallest absolute Gasteiger partial charge is 0.260 e. The van der Waals surface area contributed by atoms with E-state index in [-0.39, 0.29) is 6.71 Å². The van der Waals surface area contributed by atoms with Crippen LogP contribution in [0.1, 0.15) is 0 Å². The van der Waals surface area contributed by atoms with Gasteiger partial charge in [-0.2, -0.15) is 0 Å². The van der Waals surface area contributed by atoms with E-state index in [9.17, 15) is 0 Å². The second-order valence-corrected chi connectivity index (χ2v) is 14.1. The minimum atomic E-state index is 0.215. The van der Waals surface area contributed by atoms with Crippen LogP contribution in [0.25, 0.3) is 58.8 Å². The molecule has 2 aliphatic heterocycles. The number of anilines is 3. The number of fused-ring (bicyclic) bond motifs is 11. The maximum atomic E-state index is 2.60. The Labute approximate surface area is 268 Å². The van der Waals surface area contributed by atoms with Gasteiger partial charge >= 0.3 is 0 Å². The van der Waals surface area contributed by atoms with Gasteiger partial charge in [-0.05, 0) is 53.0 Å². The average molecular weight is 607 g/mol. The molecule has 45 heavy (non-hydrogen) atoms. The summed E-state index contributed by atoms with van der Waals surface area (Å²) < 4.78 is 6.57. The molecule has 6 aromatic carbocycles. The first kappa shape index (κ1) is 24.3. The third kappa shape index (κ3) is 3.09. The SMILES string of the molecule is c1ccc2c(c1)B1c3sc4ccccc4c3N(c3csc4ccccc34)c3cc(-n4c5ccccc5c5ccccc54)cc-2c31. The number of benzene rings is 6. The molecule has 2 aliphatic rings. The molecule has 0 saturated heterocycles. The summed E-state index contributed by atoms with van der Waals surface area (Å²) in [5.41, 5.74) is 13.1. The molecule has 0 radical (unpaired) electrons. The van der Waals surface area contributed by atoms with Crippen LogP contribution in [0.3, 0.4) is 0 Å². The monoisotopic (exact) mass is 606 g/mol. The van der Waals surface area contributed by atoms with Crippen molar-refractivity contribution in [2.45, 2.75) is 0 Å². The highest BCUT2D eigenvalue weighted by molar-refractivity contribution is 7.34. The van der Waals surface area contributed by atoms with Crippen LogP contribution in [-0.2, 0) is 0 Å². The largest absolute Gasteiger partial charge is 0.309 e. The lowest BCUT2D eigenvalue weighted by molar-refractivity contribution is 1.18. The van der Waals surface area contributed by atoms with Gasteiger partial charge in [-0.25, -0.2) is 0 Å². The molecule has 11 rings (SSSR count). The highest BCUT2D eigenvalue weighted by Crippen LogP contribution is 2.49. The molecule has 0 bridgehead atoms. The van der Waals surface area contributed by atoms with Gasteiger partial charge in [0.25, 0.3) is 6.71 Å². The van der Waals surface area contributed by atoms with Crippen molar-refractivity contribution < 1.29 is 0 Å². The quantitative estimate of drug-likeness (QED) is 0.178. The summed E-state index contributed by atoms with van der Waals surface area (Å²) >= 11 is 3.80. The fourth-order valence-electron chi connectivity index (χ4n) is 8.07. The number of nitrogens with zero attached hydrogens (tertiary/aromatic N) is 2. The fourth-order valence-corrected chi connectivity index (χ4v) is 10.3. The number of thiophene rings is 2. The standard InChI is InChI=1S/C40H23BN2S2/c1-6-16-31-25(11-1)30-21-24(42-32-17-7-2-12-26(32)27-13-3-8-18-33(27)42)22-34-38(30)41(31)40-39(29-15-5-10-20-37(29)45-40)43(34)35-23-44-36-19-9-4-14-28(35)36/h1-23H. The maximum Gasteiger partial charge on any atom is 0.260 e. The summed E-state index contributed by atoms with van der Waals surface area (Å²) in [4.78, 5) is 2.60. The number of hydrogen-bond donors (Lipinski definition) is 0. The maximum absolute atomic E-state index is 2.60. The number of aromatic nitrogens is 1. The van der Waals surface area contributed by atoms with Gasteiger partial charge in [-0.15, -0.1) is 22.7 Å². The molecule has 0 spiro atoms. The lowest BCUT2D eigenvalue weighted by Gasteiger charge is -2.34. The Bertz CT molecular complexity index is 2640. The van der Waals surface area contributed by atoms with E-state index < -0.39 is 0 Å². The third-order valence-electron chi connectivity index (χ3n) is 9.86. The molecule has 0 atom stereocenters. The lowest BCUT2D eigenvalue weighted by Crippen LogP contribution is -2.53. The molecule has 0 N–H and O–H groups in total. The molecule has 0 unspecified atom stereocenters. The first-order valence-electron chi connectivity index (χ1n) is 15.4. The predicted molar refractivity (Wildman–Crippen MR) is 196 cm³/mol. The Morgan fingerprint density at radius 3 is 1.98 bits per heavy atom.